The van der Waals surface area contributed by atoms with E-state index in [0.717, 1.165) is 26.1 Å². The van der Waals surface area contributed by atoms with Gasteiger partial charge in [0.15, 0.2) is 0 Å². The molecule has 3 rings (SSSR count). The van der Waals surface area contributed by atoms with E-state index in [9.17, 15) is 4.79 Å². The Morgan fingerprint density at radius 3 is 2.80 bits per heavy atom. The van der Waals surface area contributed by atoms with Gasteiger partial charge in [-0.1, -0.05) is 30.3 Å². The molecule has 0 radical (unpaired) electrons. The van der Waals surface area contributed by atoms with Crippen LogP contribution in [0.4, 0.5) is 4.79 Å². The van der Waals surface area contributed by atoms with Crippen LogP contribution in [0.1, 0.15) is 45.7 Å². The molecular formula is C20H30N2O3. The number of nitrogens with one attached hydrogen (secondary N) is 1. The predicted molar refractivity (Wildman–Crippen MR) is 97.5 cm³/mol. The van der Waals surface area contributed by atoms with Crippen LogP contribution in [0, 0.1) is 5.92 Å². The third-order valence-electron chi connectivity index (χ3n) is 5.29. The highest BCUT2D eigenvalue weighted by atomic mass is 16.6. The maximum Gasteiger partial charge on any atom is 0.407 e. The van der Waals surface area contributed by atoms with Gasteiger partial charge in [-0.05, 0) is 39.7 Å². The molecule has 0 aliphatic carbocycles. The molecule has 138 valence electrons. The number of carbonyl (C=O) groups excluding carboxylic acids is 1. The van der Waals surface area contributed by atoms with Crippen LogP contribution >= 0.6 is 0 Å². The monoisotopic (exact) mass is 346 g/mol. The molecule has 2 aliphatic rings. The smallest absolute Gasteiger partial charge is 0.407 e. The summed E-state index contributed by atoms with van der Waals surface area (Å²) >= 11 is 0. The van der Waals surface area contributed by atoms with Gasteiger partial charge in [-0.15, -0.1) is 0 Å². The van der Waals surface area contributed by atoms with E-state index < -0.39 is 5.60 Å². The third kappa shape index (κ3) is 4.15. The first-order valence-electron chi connectivity index (χ1n) is 9.19. The molecular weight excluding hydrogens is 316 g/mol. The molecule has 3 atom stereocenters. The van der Waals surface area contributed by atoms with Gasteiger partial charge in [0.25, 0.3) is 0 Å². The van der Waals surface area contributed by atoms with E-state index in [1.807, 2.05) is 26.8 Å². The molecule has 1 aromatic rings. The van der Waals surface area contributed by atoms with Crippen molar-refractivity contribution in [1.29, 1.82) is 0 Å². The fraction of sp³-hybridized carbons (Fsp3) is 0.650. The van der Waals surface area contributed by atoms with Crippen molar-refractivity contribution < 1.29 is 14.3 Å². The number of amides is 1. The maximum absolute atomic E-state index is 12.0. The SMILES string of the molecule is C[C@@H](c1ccccc1)N1C[C@H]2CCO[C@@]2(CNC(=O)OC(C)(C)C)C1. The number of hydrogen-bond acceptors (Lipinski definition) is 4. The highest BCUT2D eigenvalue weighted by molar-refractivity contribution is 5.67. The molecule has 2 saturated heterocycles. The summed E-state index contributed by atoms with van der Waals surface area (Å²) in [6.07, 6.45) is 0.680. The van der Waals surface area contributed by atoms with E-state index in [1.54, 1.807) is 0 Å². The standard InChI is InChI=1S/C20H30N2O3/c1-15(16-8-6-5-7-9-16)22-12-17-10-11-24-20(17,14-22)13-21-18(23)25-19(2,3)4/h5-9,15,17H,10-14H2,1-4H3,(H,21,23)/t15-,17+,20-/m0/s1. The molecule has 0 spiro atoms. The molecule has 5 heteroatoms. The van der Waals surface area contributed by atoms with Crippen molar-refractivity contribution in [3.8, 4) is 0 Å². The van der Waals surface area contributed by atoms with Gasteiger partial charge in [0.2, 0.25) is 0 Å². The van der Waals surface area contributed by atoms with Gasteiger partial charge in [0, 0.05) is 31.7 Å². The lowest BCUT2D eigenvalue weighted by Gasteiger charge is -2.31. The average Bonchev–Trinajstić information content (AvgIpc) is 3.09. The van der Waals surface area contributed by atoms with Crippen molar-refractivity contribution in [3.63, 3.8) is 0 Å². The topological polar surface area (TPSA) is 50.8 Å². The minimum absolute atomic E-state index is 0.292. The van der Waals surface area contributed by atoms with E-state index in [1.165, 1.54) is 5.56 Å². The second kappa shape index (κ2) is 6.96. The molecule has 2 aliphatic heterocycles. The van der Waals surface area contributed by atoms with Gasteiger partial charge < -0.3 is 14.8 Å². The summed E-state index contributed by atoms with van der Waals surface area (Å²) in [4.78, 5) is 14.5. The van der Waals surface area contributed by atoms with Crippen LogP contribution in [0.5, 0.6) is 0 Å². The molecule has 5 nitrogen and oxygen atoms in total. The largest absolute Gasteiger partial charge is 0.444 e. The molecule has 0 unspecified atom stereocenters. The Kier molecular flexibility index (Phi) is 5.07. The van der Waals surface area contributed by atoms with E-state index in [2.05, 4.69) is 41.4 Å². The second-order valence-electron chi connectivity index (χ2n) is 8.27. The molecule has 1 aromatic carbocycles. The van der Waals surface area contributed by atoms with Crippen LogP contribution in [-0.4, -0.2) is 48.4 Å². The lowest BCUT2D eigenvalue weighted by atomic mass is 9.91. The summed E-state index contributed by atoms with van der Waals surface area (Å²) in [6, 6.07) is 10.9. The zero-order chi connectivity index (χ0) is 18.1. The summed E-state index contributed by atoms with van der Waals surface area (Å²) in [7, 11) is 0. The van der Waals surface area contributed by atoms with Gasteiger partial charge in [0.1, 0.15) is 11.2 Å². The van der Waals surface area contributed by atoms with Crippen LogP contribution in [0.2, 0.25) is 0 Å². The summed E-state index contributed by atoms with van der Waals surface area (Å²) in [5.41, 5.74) is 0.541. The lowest BCUT2D eigenvalue weighted by molar-refractivity contribution is -0.0114. The number of likely N-dealkylation sites (tertiary alicyclic amines) is 1. The average molecular weight is 346 g/mol. The number of benzene rings is 1. The molecule has 0 bridgehead atoms. The molecule has 2 heterocycles. The zero-order valence-electron chi connectivity index (χ0n) is 15.7. The number of rotatable bonds is 4. The minimum Gasteiger partial charge on any atom is -0.444 e. The van der Waals surface area contributed by atoms with E-state index in [-0.39, 0.29) is 11.7 Å². The number of nitrogens with zero attached hydrogens (tertiary/aromatic N) is 1. The van der Waals surface area contributed by atoms with E-state index in [4.69, 9.17) is 9.47 Å². The fourth-order valence-electron chi connectivity index (χ4n) is 3.93. The first-order chi connectivity index (χ1) is 11.8. The van der Waals surface area contributed by atoms with Crippen molar-refractivity contribution in [3.05, 3.63) is 35.9 Å². The van der Waals surface area contributed by atoms with Crippen molar-refractivity contribution >= 4 is 6.09 Å². The van der Waals surface area contributed by atoms with Gasteiger partial charge in [-0.3, -0.25) is 4.90 Å². The van der Waals surface area contributed by atoms with Crippen LogP contribution in [0.3, 0.4) is 0 Å². The molecule has 25 heavy (non-hydrogen) atoms. The molecule has 0 aromatic heterocycles. The van der Waals surface area contributed by atoms with Gasteiger partial charge in [-0.2, -0.15) is 0 Å². The normalized spacial score (nSPS) is 27.8. The first kappa shape index (κ1) is 18.2. The van der Waals surface area contributed by atoms with Crippen LogP contribution < -0.4 is 5.32 Å². The third-order valence-corrected chi connectivity index (χ3v) is 5.29. The van der Waals surface area contributed by atoms with Crippen molar-refractivity contribution in [2.24, 2.45) is 5.92 Å². The number of hydrogen-bond donors (Lipinski definition) is 1. The predicted octanol–water partition coefficient (Wildman–Crippen LogP) is 3.36. The highest BCUT2D eigenvalue weighted by Gasteiger charge is 2.52. The van der Waals surface area contributed by atoms with E-state index in [0.29, 0.717) is 18.5 Å². The Morgan fingerprint density at radius 2 is 2.12 bits per heavy atom. The van der Waals surface area contributed by atoms with Crippen molar-refractivity contribution in [1.82, 2.24) is 10.2 Å². The quantitative estimate of drug-likeness (QED) is 0.908. The Hall–Kier alpha value is -1.59. The maximum atomic E-state index is 12.0. The summed E-state index contributed by atoms with van der Waals surface area (Å²) in [5.74, 6) is 0.452. The van der Waals surface area contributed by atoms with Gasteiger partial charge in [0.05, 0.1) is 6.54 Å². The molecule has 2 fully saturated rings. The Morgan fingerprint density at radius 1 is 1.40 bits per heavy atom. The number of alkyl carbamates (subject to hydrolysis) is 1. The number of ether oxygens (including phenoxy) is 2. The number of carbonyl (C=O) groups is 1. The van der Waals surface area contributed by atoms with Crippen molar-refractivity contribution in [2.75, 3.05) is 26.2 Å². The lowest BCUT2D eigenvalue weighted by Crippen LogP contribution is -2.49. The van der Waals surface area contributed by atoms with Crippen LogP contribution in [0.15, 0.2) is 30.3 Å². The van der Waals surface area contributed by atoms with Crippen LogP contribution in [-0.2, 0) is 9.47 Å². The molecule has 0 saturated carbocycles. The number of fused-ring (bicyclic) bond motifs is 1. The molecule has 1 N–H and O–H groups in total. The second-order valence-corrected chi connectivity index (χ2v) is 8.27. The fourth-order valence-corrected chi connectivity index (χ4v) is 3.93. The van der Waals surface area contributed by atoms with Gasteiger partial charge >= 0.3 is 6.09 Å². The zero-order valence-corrected chi connectivity index (χ0v) is 15.7. The Bertz CT molecular complexity index is 599. The van der Waals surface area contributed by atoms with Gasteiger partial charge in [-0.25, -0.2) is 4.79 Å². The van der Waals surface area contributed by atoms with Crippen LogP contribution in [0.25, 0.3) is 0 Å². The summed E-state index contributed by atoms with van der Waals surface area (Å²) < 4.78 is 11.5. The summed E-state index contributed by atoms with van der Waals surface area (Å²) in [5, 5.41) is 2.93. The minimum atomic E-state index is -0.485. The highest BCUT2D eigenvalue weighted by Crippen LogP contribution is 2.41. The molecule has 1 amide bonds. The first-order valence-corrected chi connectivity index (χ1v) is 9.19. The Labute approximate surface area is 150 Å². The summed E-state index contributed by atoms with van der Waals surface area (Å²) in [6.45, 7) is 11.0. The Balaban J connectivity index is 1.63. The van der Waals surface area contributed by atoms with E-state index >= 15 is 0 Å². The van der Waals surface area contributed by atoms with Crippen molar-refractivity contribution in [2.45, 2.75) is 51.4 Å².